The quantitative estimate of drug-likeness (QED) is 0.824. The Labute approximate surface area is 107 Å². The van der Waals surface area contributed by atoms with E-state index in [2.05, 4.69) is 0 Å². The molecule has 1 aliphatic heterocycles. The monoisotopic (exact) mass is 255 g/mol. The molecule has 2 rings (SSSR count). The lowest BCUT2D eigenvalue weighted by Gasteiger charge is -2.35. The summed E-state index contributed by atoms with van der Waals surface area (Å²) in [6, 6.07) is 0. The van der Waals surface area contributed by atoms with Gasteiger partial charge in [0.05, 0.1) is 18.6 Å². The number of ether oxygens (including phenoxy) is 1. The van der Waals surface area contributed by atoms with Gasteiger partial charge in [0.1, 0.15) is 0 Å². The van der Waals surface area contributed by atoms with E-state index in [9.17, 15) is 14.7 Å². The molecule has 0 spiro atoms. The van der Waals surface area contributed by atoms with Gasteiger partial charge in [0.25, 0.3) is 0 Å². The van der Waals surface area contributed by atoms with Crippen LogP contribution in [0.25, 0.3) is 0 Å². The molecule has 1 amide bonds. The van der Waals surface area contributed by atoms with Crippen LogP contribution in [0, 0.1) is 5.41 Å². The molecule has 0 radical (unpaired) electrons. The third-order valence-corrected chi connectivity index (χ3v) is 4.12. The number of hydrogen-bond donors (Lipinski definition) is 1. The summed E-state index contributed by atoms with van der Waals surface area (Å²) in [6.45, 7) is 2.31. The molecule has 0 aromatic heterocycles. The second-order valence-electron chi connectivity index (χ2n) is 5.32. The van der Waals surface area contributed by atoms with E-state index >= 15 is 0 Å². The molecule has 5 nitrogen and oxygen atoms in total. The molecule has 1 N–H and O–H groups in total. The second kappa shape index (κ2) is 5.69. The maximum absolute atomic E-state index is 12.2. The molecule has 1 saturated heterocycles. The molecule has 0 aromatic carbocycles. The van der Waals surface area contributed by atoms with Crippen LogP contribution in [-0.2, 0) is 14.3 Å². The molecule has 1 aliphatic carbocycles. The Balaban J connectivity index is 1.99. The van der Waals surface area contributed by atoms with Gasteiger partial charge in [0.15, 0.2) is 0 Å². The number of aliphatic carboxylic acids is 1. The average molecular weight is 255 g/mol. The van der Waals surface area contributed by atoms with Gasteiger partial charge in [0, 0.05) is 19.5 Å². The Kier molecular flexibility index (Phi) is 4.22. The van der Waals surface area contributed by atoms with Gasteiger partial charge in [-0.15, -0.1) is 0 Å². The van der Waals surface area contributed by atoms with E-state index in [1.54, 1.807) is 4.90 Å². The fraction of sp³-hybridized carbons (Fsp3) is 0.846. The molecule has 1 heterocycles. The van der Waals surface area contributed by atoms with Crippen LogP contribution in [0.5, 0.6) is 0 Å². The molecule has 1 saturated carbocycles. The first kappa shape index (κ1) is 13.3. The topological polar surface area (TPSA) is 66.8 Å². The minimum absolute atomic E-state index is 0.0254. The Morgan fingerprint density at radius 3 is 2.28 bits per heavy atom. The molecule has 102 valence electrons. The van der Waals surface area contributed by atoms with Crippen molar-refractivity contribution in [2.45, 2.75) is 38.5 Å². The van der Waals surface area contributed by atoms with E-state index in [-0.39, 0.29) is 12.3 Å². The smallest absolute Gasteiger partial charge is 0.310 e. The minimum Gasteiger partial charge on any atom is -0.481 e. The standard InChI is InChI=1S/C13H21NO4/c15-11(14-6-8-18-9-7-14)10-13(12(16)17)4-2-1-3-5-13/h1-10H2,(H,16,17). The number of carboxylic acid groups (broad SMARTS) is 1. The van der Waals surface area contributed by atoms with Crippen molar-refractivity contribution in [1.82, 2.24) is 4.90 Å². The number of nitrogens with zero attached hydrogens (tertiary/aromatic N) is 1. The van der Waals surface area contributed by atoms with Crippen molar-refractivity contribution in [2.24, 2.45) is 5.41 Å². The van der Waals surface area contributed by atoms with Crippen molar-refractivity contribution in [3.05, 3.63) is 0 Å². The molecule has 0 bridgehead atoms. The van der Waals surface area contributed by atoms with Crippen molar-refractivity contribution in [3.8, 4) is 0 Å². The Morgan fingerprint density at radius 1 is 1.11 bits per heavy atom. The molecule has 0 unspecified atom stereocenters. The SMILES string of the molecule is O=C(CC1(C(=O)O)CCCCC1)N1CCOCC1. The first-order valence-corrected chi connectivity index (χ1v) is 6.73. The zero-order valence-corrected chi connectivity index (χ0v) is 10.7. The third kappa shape index (κ3) is 2.83. The van der Waals surface area contributed by atoms with E-state index < -0.39 is 11.4 Å². The molecule has 5 heteroatoms. The van der Waals surface area contributed by atoms with Crippen LogP contribution in [0.3, 0.4) is 0 Å². The van der Waals surface area contributed by atoms with Crippen molar-refractivity contribution < 1.29 is 19.4 Å². The number of rotatable bonds is 3. The zero-order valence-electron chi connectivity index (χ0n) is 10.7. The summed E-state index contributed by atoms with van der Waals surface area (Å²) in [4.78, 5) is 25.4. The van der Waals surface area contributed by atoms with Gasteiger partial charge < -0.3 is 14.7 Å². The van der Waals surface area contributed by atoms with Crippen molar-refractivity contribution >= 4 is 11.9 Å². The zero-order chi connectivity index (χ0) is 13.0. The van der Waals surface area contributed by atoms with Gasteiger partial charge in [0.2, 0.25) is 5.91 Å². The normalized spacial score (nSPS) is 23.7. The van der Waals surface area contributed by atoms with Crippen LogP contribution in [0.4, 0.5) is 0 Å². The number of amides is 1. The summed E-state index contributed by atoms with van der Waals surface area (Å²) >= 11 is 0. The maximum atomic E-state index is 12.2. The lowest BCUT2D eigenvalue weighted by atomic mass is 9.71. The van der Waals surface area contributed by atoms with Crippen LogP contribution in [0.1, 0.15) is 38.5 Å². The maximum Gasteiger partial charge on any atom is 0.310 e. The van der Waals surface area contributed by atoms with Gasteiger partial charge in [-0.3, -0.25) is 9.59 Å². The number of carbonyl (C=O) groups is 2. The van der Waals surface area contributed by atoms with Crippen LogP contribution in [0.2, 0.25) is 0 Å². The minimum atomic E-state index is -0.812. The Bertz CT molecular complexity index is 317. The lowest BCUT2D eigenvalue weighted by Crippen LogP contribution is -2.45. The van der Waals surface area contributed by atoms with E-state index in [1.165, 1.54) is 0 Å². The average Bonchev–Trinajstić information content (AvgIpc) is 2.40. The van der Waals surface area contributed by atoms with Crippen LogP contribution in [-0.4, -0.2) is 48.2 Å². The highest BCUT2D eigenvalue weighted by Crippen LogP contribution is 2.40. The van der Waals surface area contributed by atoms with Gasteiger partial charge >= 0.3 is 5.97 Å². The van der Waals surface area contributed by atoms with E-state index in [4.69, 9.17) is 4.74 Å². The molecule has 0 atom stereocenters. The summed E-state index contributed by atoms with van der Waals surface area (Å²) in [6.07, 6.45) is 4.35. The largest absolute Gasteiger partial charge is 0.481 e. The first-order valence-electron chi connectivity index (χ1n) is 6.73. The fourth-order valence-electron chi connectivity index (χ4n) is 2.91. The molecule has 0 aromatic rings. The number of hydrogen-bond acceptors (Lipinski definition) is 3. The predicted molar refractivity (Wildman–Crippen MR) is 65.2 cm³/mol. The van der Waals surface area contributed by atoms with Crippen LogP contribution < -0.4 is 0 Å². The number of carbonyl (C=O) groups excluding carboxylic acids is 1. The van der Waals surface area contributed by atoms with Gasteiger partial charge in [-0.2, -0.15) is 0 Å². The fourth-order valence-corrected chi connectivity index (χ4v) is 2.91. The summed E-state index contributed by atoms with van der Waals surface area (Å²) < 4.78 is 5.20. The van der Waals surface area contributed by atoms with E-state index in [0.717, 1.165) is 19.3 Å². The number of carboxylic acids is 1. The van der Waals surface area contributed by atoms with Crippen molar-refractivity contribution in [1.29, 1.82) is 0 Å². The van der Waals surface area contributed by atoms with Crippen LogP contribution in [0.15, 0.2) is 0 Å². The summed E-state index contributed by atoms with van der Waals surface area (Å²) in [7, 11) is 0. The summed E-state index contributed by atoms with van der Waals surface area (Å²) in [5, 5.41) is 9.44. The highest BCUT2D eigenvalue weighted by molar-refractivity contribution is 5.85. The van der Waals surface area contributed by atoms with Gasteiger partial charge in [-0.1, -0.05) is 19.3 Å². The van der Waals surface area contributed by atoms with Crippen molar-refractivity contribution in [2.75, 3.05) is 26.3 Å². The first-order chi connectivity index (χ1) is 8.64. The molecule has 18 heavy (non-hydrogen) atoms. The van der Waals surface area contributed by atoms with Crippen LogP contribution >= 0.6 is 0 Å². The predicted octanol–water partition coefficient (Wildman–Crippen LogP) is 1.27. The lowest BCUT2D eigenvalue weighted by molar-refractivity contribution is -0.157. The number of morpholine rings is 1. The molecular weight excluding hydrogens is 234 g/mol. The Hall–Kier alpha value is -1.10. The third-order valence-electron chi connectivity index (χ3n) is 4.12. The molecule has 2 fully saturated rings. The molecular formula is C13H21NO4. The van der Waals surface area contributed by atoms with E-state index in [1.807, 2.05) is 0 Å². The van der Waals surface area contributed by atoms with E-state index in [0.29, 0.717) is 39.1 Å². The van der Waals surface area contributed by atoms with Crippen molar-refractivity contribution in [3.63, 3.8) is 0 Å². The molecule has 2 aliphatic rings. The second-order valence-corrected chi connectivity index (χ2v) is 5.32. The Morgan fingerprint density at radius 2 is 1.72 bits per heavy atom. The van der Waals surface area contributed by atoms with Gasteiger partial charge in [-0.05, 0) is 12.8 Å². The highest BCUT2D eigenvalue weighted by Gasteiger charge is 2.42. The summed E-state index contributed by atoms with van der Waals surface area (Å²) in [5.41, 5.74) is -0.812. The highest BCUT2D eigenvalue weighted by atomic mass is 16.5. The van der Waals surface area contributed by atoms with Gasteiger partial charge in [-0.25, -0.2) is 0 Å². The summed E-state index contributed by atoms with van der Waals surface area (Å²) in [5.74, 6) is -0.827.